The summed E-state index contributed by atoms with van der Waals surface area (Å²) < 4.78 is 39.9. The minimum absolute atomic E-state index is 0.332. The number of nitrogens with zero attached hydrogens (tertiary/aromatic N) is 1. The first kappa shape index (κ1) is 14.2. The minimum Gasteiger partial charge on any atom is -0.291 e. The molecule has 20 heavy (non-hydrogen) atoms. The number of aromatic amines is 1. The van der Waals surface area contributed by atoms with Gasteiger partial charge in [-0.3, -0.25) is 14.6 Å². The van der Waals surface area contributed by atoms with Crippen LogP contribution in [0.3, 0.4) is 0 Å². The highest BCUT2D eigenvalue weighted by Crippen LogP contribution is 2.35. The SMILES string of the molecule is C=CC(c1ccccc1)c1c(C(F)(F)F)[nH]n(C)c1=O. The van der Waals surface area contributed by atoms with E-state index in [0.29, 0.717) is 5.56 Å². The Hall–Kier alpha value is -2.24. The van der Waals surface area contributed by atoms with Gasteiger partial charge in [0, 0.05) is 13.0 Å². The predicted octanol–water partition coefficient (Wildman–Crippen LogP) is 3.05. The van der Waals surface area contributed by atoms with Gasteiger partial charge in [-0.05, 0) is 5.56 Å². The van der Waals surface area contributed by atoms with Crippen molar-refractivity contribution in [3.63, 3.8) is 0 Å². The van der Waals surface area contributed by atoms with Crippen molar-refractivity contribution in [1.82, 2.24) is 9.78 Å². The molecule has 1 atom stereocenters. The van der Waals surface area contributed by atoms with Crippen molar-refractivity contribution >= 4 is 0 Å². The maximum atomic E-state index is 13.0. The Morgan fingerprint density at radius 1 is 1.30 bits per heavy atom. The lowest BCUT2D eigenvalue weighted by atomic mass is 9.91. The van der Waals surface area contributed by atoms with E-state index in [0.717, 1.165) is 4.68 Å². The van der Waals surface area contributed by atoms with E-state index in [-0.39, 0.29) is 5.56 Å². The van der Waals surface area contributed by atoms with Gasteiger partial charge in [0.1, 0.15) is 5.69 Å². The van der Waals surface area contributed by atoms with Gasteiger partial charge in [0.15, 0.2) is 0 Å². The van der Waals surface area contributed by atoms with Gasteiger partial charge >= 0.3 is 6.18 Å². The molecule has 0 radical (unpaired) electrons. The third-order valence-corrected chi connectivity index (χ3v) is 3.07. The van der Waals surface area contributed by atoms with Crippen LogP contribution in [0.2, 0.25) is 0 Å². The number of hydrogen-bond acceptors (Lipinski definition) is 1. The molecular formula is C14H13F3N2O. The fraction of sp³-hybridized carbons (Fsp3) is 0.214. The summed E-state index contributed by atoms with van der Waals surface area (Å²) in [5.74, 6) is -0.808. The first-order valence-corrected chi connectivity index (χ1v) is 5.90. The molecule has 0 fully saturated rings. The number of aryl methyl sites for hydroxylation is 1. The summed E-state index contributed by atoms with van der Waals surface area (Å²) in [6.07, 6.45) is -3.28. The topological polar surface area (TPSA) is 37.8 Å². The first-order chi connectivity index (χ1) is 9.36. The second kappa shape index (κ2) is 5.03. The Morgan fingerprint density at radius 3 is 2.40 bits per heavy atom. The average molecular weight is 282 g/mol. The van der Waals surface area contributed by atoms with Crippen LogP contribution in [-0.4, -0.2) is 9.78 Å². The molecule has 0 amide bonds. The normalized spacial score (nSPS) is 13.2. The molecule has 1 aromatic carbocycles. The van der Waals surface area contributed by atoms with E-state index in [1.165, 1.54) is 13.1 Å². The highest BCUT2D eigenvalue weighted by Gasteiger charge is 2.39. The summed E-state index contributed by atoms with van der Waals surface area (Å²) in [7, 11) is 1.26. The zero-order valence-corrected chi connectivity index (χ0v) is 10.7. The van der Waals surface area contributed by atoms with Gasteiger partial charge in [0.05, 0.1) is 5.56 Å². The quantitative estimate of drug-likeness (QED) is 0.863. The largest absolute Gasteiger partial charge is 0.433 e. The van der Waals surface area contributed by atoms with Crippen LogP contribution in [0.4, 0.5) is 13.2 Å². The maximum absolute atomic E-state index is 13.0. The Balaban J connectivity index is 2.67. The highest BCUT2D eigenvalue weighted by atomic mass is 19.4. The Morgan fingerprint density at radius 2 is 1.90 bits per heavy atom. The molecule has 0 aliphatic carbocycles. The number of rotatable bonds is 3. The van der Waals surface area contributed by atoms with E-state index >= 15 is 0 Å². The van der Waals surface area contributed by atoms with Crippen molar-refractivity contribution in [3.05, 3.63) is 70.2 Å². The molecule has 1 aromatic heterocycles. The standard InChI is InChI=1S/C14H13F3N2O/c1-3-10(9-7-5-4-6-8-9)11-12(14(15,16)17)18-19(2)13(11)20/h3-8,10,18H,1H2,2H3. The molecule has 2 aromatic rings. The van der Waals surface area contributed by atoms with E-state index in [2.05, 4.69) is 11.7 Å². The van der Waals surface area contributed by atoms with Crippen LogP contribution in [0, 0.1) is 0 Å². The van der Waals surface area contributed by atoms with Gasteiger partial charge in [0.2, 0.25) is 0 Å². The van der Waals surface area contributed by atoms with E-state index in [1.807, 2.05) is 0 Å². The molecule has 6 heteroatoms. The van der Waals surface area contributed by atoms with Crippen molar-refractivity contribution in [2.24, 2.45) is 7.05 Å². The highest BCUT2D eigenvalue weighted by molar-refractivity contribution is 5.38. The van der Waals surface area contributed by atoms with Crippen molar-refractivity contribution < 1.29 is 13.2 Å². The number of aromatic nitrogens is 2. The second-order valence-corrected chi connectivity index (χ2v) is 4.39. The number of allylic oxidation sites excluding steroid dienone is 1. The Bertz CT molecular complexity index is 668. The molecule has 1 heterocycles. The summed E-state index contributed by atoms with van der Waals surface area (Å²) in [5.41, 5.74) is -1.48. The summed E-state index contributed by atoms with van der Waals surface area (Å²) in [4.78, 5) is 12.0. The van der Waals surface area contributed by atoms with Crippen LogP contribution < -0.4 is 5.56 Å². The van der Waals surface area contributed by atoms with Crippen molar-refractivity contribution in [1.29, 1.82) is 0 Å². The van der Waals surface area contributed by atoms with Crippen molar-refractivity contribution in [3.8, 4) is 0 Å². The van der Waals surface area contributed by atoms with Gasteiger partial charge in [0.25, 0.3) is 5.56 Å². The molecule has 0 saturated heterocycles. The second-order valence-electron chi connectivity index (χ2n) is 4.39. The smallest absolute Gasteiger partial charge is 0.291 e. The monoisotopic (exact) mass is 282 g/mol. The van der Waals surface area contributed by atoms with Gasteiger partial charge in [-0.2, -0.15) is 13.2 Å². The lowest BCUT2D eigenvalue weighted by Crippen LogP contribution is -2.19. The third-order valence-electron chi connectivity index (χ3n) is 3.07. The van der Waals surface area contributed by atoms with Crippen LogP contribution in [0.1, 0.15) is 22.7 Å². The van der Waals surface area contributed by atoms with E-state index < -0.39 is 23.3 Å². The predicted molar refractivity (Wildman–Crippen MR) is 69.5 cm³/mol. The summed E-state index contributed by atoms with van der Waals surface area (Å²) in [6, 6.07) is 8.49. The molecule has 1 unspecified atom stereocenters. The number of nitrogens with one attached hydrogen (secondary N) is 1. The van der Waals surface area contributed by atoms with Crippen LogP contribution in [-0.2, 0) is 13.2 Å². The first-order valence-electron chi connectivity index (χ1n) is 5.90. The fourth-order valence-electron chi connectivity index (χ4n) is 2.15. The maximum Gasteiger partial charge on any atom is 0.433 e. The number of benzene rings is 1. The number of alkyl halides is 3. The third kappa shape index (κ3) is 2.41. The molecule has 0 spiro atoms. The molecule has 3 nitrogen and oxygen atoms in total. The van der Waals surface area contributed by atoms with Gasteiger partial charge in [-0.1, -0.05) is 36.4 Å². The van der Waals surface area contributed by atoms with Crippen LogP contribution >= 0.6 is 0 Å². The van der Waals surface area contributed by atoms with Gasteiger partial charge in [-0.25, -0.2) is 0 Å². The zero-order chi connectivity index (χ0) is 14.9. The molecule has 2 rings (SSSR count). The molecular weight excluding hydrogens is 269 g/mol. The molecule has 106 valence electrons. The lowest BCUT2D eigenvalue weighted by Gasteiger charge is -2.14. The minimum atomic E-state index is -4.62. The lowest BCUT2D eigenvalue weighted by molar-refractivity contribution is -0.142. The summed E-state index contributed by atoms with van der Waals surface area (Å²) in [5, 5.41) is 2.07. The molecule has 0 aliphatic heterocycles. The van der Waals surface area contributed by atoms with E-state index in [4.69, 9.17) is 0 Å². The average Bonchev–Trinajstić information content (AvgIpc) is 2.69. The summed E-state index contributed by atoms with van der Waals surface area (Å²) >= 11 is 0. The Labute approximate surface area is 113 Å². The number of H-pyrrole nitrogens is 1. The van der Waals surface area contributed by atoms with Crippen LogP contribution in [0.15, 0.2) is 47.8 Å². The van der Waals surface area contributed by atoms with Crippen LogP contribution in [0.25, 0.3) is 0 Å². The molecule has 0 aliphatic rings. The number of halogens is 3. The van der Waals surface area contributed by atoms with Crippen molar-refractivity contribution in [2.75, 3.05) is 0 Å². The number of hydrogen-bond donors (Lipinski definition) is 1. The zero-order valence-electron chi connectivity index (χ0n) is 10.7. The van der Waals surface area contributed by atoms with Gasteiger partial charge in [-0.15, -0.1) is 6.58 Å². The summed E-state index contributed by atoms with van der Waals surface area (Å²) in [6.45, 7) is 3.56. The fourth-order valence-corrected chi connectivity index (χ4v) is 2.15. The van der Waals surface area contributed by atoms with E-state index in [1.54, 1.807) is 30.3 Å². The molecule has 0 bridgehead atoms. The molecule has 0 saturated carbocycles. The Kier molecular flexibility index (Phi) is 3.57. The van der Waals surface area contributed by atoms with Crippen molar-refractivity contribution in [2.45, 2.75) is 12.1 Å². The van der Waals surface area contributed by atoms with Crippen LogP contribution in [0.5, 0.6) is 0 Å². The van der Waals surface area contributed by atoms with E-state index in [9.17, 15) is 18.0 Å². The van der Waals surface area contributed by atoms with Gasteiger partial charge < -0.3 is 0 Å². The molecule has 1 N–H and O–H groups in total.